The molecule has 0 bridgehead atoms. The van der Waals surface area contributed by atoms with Crippen LogP contribution in [0.5, 0.6) is 11.5 Å². The number of anilines is 1. The lowest BCUT2D eigenvalue weighted by Gasteiger charge is -2.09. The molecule has 0 aliphatic rings. The number of hydrogen-bond donors (Lipinski definition) is 5. The number of rotatable bonds is 13. The van der Waals surface area contributed by atoms with E-state index in [9.17, 15) is 29.4 Å². The zero-order chi connectivity index (χ0) is 42.0. The molecule has 0 aromatic heterocycles. The van der Waals surface area contributed by atoms with Crippen molar-refractivity contribution in [1.29, 1.82) is 0 Å². The van der Waals surface area contributed by atoms with Crippen LogP contribution >= 0.6 is 11.6 Å². The van der Waals surface area contributed by atoms with E-state index in [4.69, 9.17) is 16.4 Å². The predicted molar refractivity (Wildman–Crippen MR) is 228 cm³/mol. The summed E-state index contributed by atoms with van der Waals surface area (Å²) in [5, 5.41) is 46.0. The normalized spacial score (nSPS) is 11.4. The second-order valence-corrected chi connectivity index (χ2v) is 13.5. The molecule has 15 heteroatoms. The molecule has 7 aromatic rings. The number of imide groups is 1. The average Bonchev–Trinajstić information content (AvgIpc) is 3.25. The van der Waals surface area contributed by atoms with Gasteiger partial charge in [-0.3, -0.25) is 24.5 Å². The molecule has 0 unspecified atom stereocenters. The lowest BCUT2D eigenvalue weighted by molar-refractivity contribution is -0.121. The quantitative estimate of drug-likeness (QED) is 0.0190. The van der Waals surface area contributed by atoms with E-state index in [0.717, 1.165) is 16.5 Å². The number of hydrogen-bond acceptors (Lipinski definition) is 11. The molecular formula is C45H32ClN7O7. The number of phenols is 2. The standard InChI is InChI=1S/C45H32ClN7O7/c46-33-2-1-3-36(24-33)48-45(59)49-44(58)32-10-18-38-31(23-32)12-21-41(57)43(38)53-50-34-13-4-27(5-14-34)7-19-39(55)29-8-15-35(16-9-29)51-52-42-37-17-6-28(25-60-47-26-54)22-30(37)11-20-40(42)56/h1-24,26,56-57H,25H2,(H,47,54)(H2,48,49,58,59). The number of urea groups is 1. The first-order valence-corrected chi connectivity index (χ1v) is 18.5. The van der Waals surface area contributed by atoms with Gasteiger partial charge in [-0.25, -0.2) is 10.3 Å². The number of amides is 4. The van der Waals surface area contributed by atoms with Crippen LogP contribution in [0.1, 0.15) is 31.8 Å². The van der Waals surface area contributed by atoms with Gasteiger partial charge in [-0.2, -0.15) is 10.2 Å². The monoisotopic (exact) mass is 817 g/mol. The van der Waals surface area contributed by atoms with Crippen LogP contribution in [0.15, 0.2) is 160 Å². The van der Waals surface area contributed by atoms with Gasteiger partial charge in [-0.15, -0.1) is 10.2 Å². The van der Waals surface area contributed by atoms with E-state index in [2.05, 4.69) is 36.6 Å². The summed E-state index contributed by atoms with van der Waals surface area (Å²) >= 11 is 5.96. The summed E-state index contributed by atoms with van der Waals surface area (Å²) in [5.41, 5.74) is 6.21. The summed E-state index contributed by atoms with van der Waals surface area (Å²) in [6.45, 7) is 0.166. The van der Waals surface area contributed by atoms with Crippen molar-refractivity contribution in [1.82, 2.24) is 10.8 Å². The van der Waals surface area contributed by atoms with Crippen molar-refractivity contribution in [3.8, 4) is 11.5 Å². The van der Waals surface area contributed by atoms with Crippen molar-refractivity contribution in [2.45, 2.75) is 6.61 Å². The van der Waals surface area contributed by atoms with Crippen molar-refractivity contribution in [2.24, 2.45) is 20.5 Å². The van der Waals surface area contributed by atoms with Gasteiger partial charge in [0.05, 0.1) is 18.0 Å². The first-order valence-electron chi connectivity index (χ1n) is 18.1. The Morgan fingerprint density at radius 1 is 0.667 bits per heavy atom. The van der Waals surface area contributed by atoms with E-state index in [1.807, 2.05) is 6.07 Å². The van der Waals surface area contributed by atoms with Crippen LogP contribution in [-0.4, -0.2) is 34.3 Å². The van der Waals surface area contributed by atoms with E-state index in [0.29, 0.717) is 50.2 Å². The predicted octanol–water partition coefficient (Wildman–Crippen LogP) is 10.9. The summed E-state index contributed by atoms with van der Waals surface area (Å²) < 4.78 is 0. The van der Waals surface area contributed by atoms with Crippen molar-refractivity contribution in [3.05, 3.63) is 167 Å². The van der Waals surface area contributed by atoms with Crippen LogP contribution in [0, 0.1) is 0 Å². The number of aromatic hydroxyl groups is 2. The SMILES string of the molecule is O=CNOCc1ccc2c(N=Nc3ccc(C(=O)C=Cc4ccc(N=Nc5c(O)ccc6cc(C(=O)NC(=O)Nc7cccc(Cl)c7)ccc56)cc4)cc3)c(O)ccc2c1. The fourth-order valence-electron chi connectivity index (χ4n) is 5.99. The van der Waals surface area contributed by atoms with Gasteiger partial charge in [-0.05, 0) is 113 Å². The molecule has 4 amide bonds. The van der Waals surface area contributed by atoms with Crippen molar-refractivity contribution in [3.63, 3.8) is 0 Å². The largest absolute Gasteiger partial charge is 0.506 e. The second kappa shape index (κ2) is 18.5. The number of allylic oxidation sites excluding steroid dienone is 1. The zero-order valence-corrected chi connectivity index (χ0v) is 32.0. The molecule has 7 aromatic carbocycles. The van der Waals surface area contributed by atoms with Crippen LogP contribution in [-0.2, 0) is 16.2 Å². The van der Waals surface area contributed by atoms with Crippen molar-refractivity contribution >= 4 is 91.8 Å². The number of nitrogens with zero attached hydrogens (tertiary/aromatic N) is 4. The van der Waals surface area contributed by atoms with E-state index in [1.54, 1.807) is 115 Å². The molecular weight excluding hydrogens is 786 g/mol. The Kier molecular flexibility index (Phi) is 12.4. The highest BCUT2D eigenvalue weighted by Crippen LogP contribution is 2.38. The number of halogens is 1. The maximum Gasteiger partial charge on any atom is 0.326 e. The molecule has 60 heavy (non-hydrogen) atoms. The summed E-state index contributed by atoms with van der Waals surface area (Å²) in [6.07, 6.45) is 3.56. The Labute approximate surface area is 346 Å². The molecule has 0 spiro atoms. The Bertz CT molecular complexity index is 2860. The van der Waals surface area contributed by atoms with Gasteiger partial charge in [0, 0.05) is 32.6 Å². The fraction of sp³-hybridized carbons (Fsp3) is 0.0222. The number of carbonyl (C=O) groups is 4. The van der Waals surface area contributed by atoms with Crippen LogP contribution in [0.4, 0.5) is 33.2 Å². The third-order valence-electron chi connectivity index (χ3n) is 8.95. The maximum atomic E-state index is 13.0. The fourth-order valence-corrected chi connectivity index (χ4v) is 6.18. The molecule has 7 rings (SSSR count). The lowest BCUT2D eigenvalue weighted by atomic mass is 10.0. The minimum atomic E-state index is -0.723. The molecule has 0 atom stereocenters. The first kappa shape index (κ1) is 40.1. The van der Waals surface area contributed by atoms with Gasteiger partial charge in [0.25, 0.3) is 5.91 Å². The maximum absolute atomic E-state index is 13.0. The van der Waals surface area contributed by atoms with Crippen LogP contribution in [0.3, 0.4) is 0 Å². The Morgan fingerprint density at radius 2 is 1.28 bits per heavy atom. The zero-order valence-electron chi connectivity index (χ0n) is 31.2. The third kappa shape index (κ3) is 9.89. The van der Waals surface area contributed by atoms with Crippen LogP contribution in [0.25, 0.3) is 27.6 Å². The van der Waals surface area contributed by atoms with Gasteiger partial charge in [0.15, 0.2) is 5.78 Å². The molecule has 14 nitrogen and oxygen atoms in total. The van der Waals surface area contributed by atoms with E-state index in [1.165, 1.54) is 24.3 Å². The molecule has 0 fully saturated rings. The number of ketones is 1. The summed E-state index contributed by atoms with van der Waals surface area (Å²) in [7, 11) is 0. The average molecular weight is 818 g/mol. The number of azo groups is 2. The van der Waals surface area contributed by atoms with Crippen molar-refractivity contribution < 1.29 is 34.2 Å². The summed E-state index contributed by atoms with van der Waals surface area (Å²) in [4.78, 5) is 53.6. The minimum Gasteiger partial charge on any atom is -0.506 e. The summed E-state index contributed by atoms with van der Waals surface area (Å²) in [6, 6.07) is 35.8. The van der Waals surface area contributed by atoms with E-state index >= 15 is 0 Å². The Morgan fingerprint density at radius 3 is 1.93 bits per heavy atom. The van der Waals surface area contributed by atoms with Crippen LogP contribution < -0.4 is 16.1 Å². The minimum absolute atomic E-state index is 0.0466. The number of carbonyl (C=O) groups excluding carboxylic acids is 4. The molecule has 0 aliphatic heterocycles. The molecule has 0 aliphatic carbocycles. The molecule has 0 radical (unpaired) electrons. The van der Waals surface area contributed by atoms with Crippen molar-refractivity contribution in [2.75, 3.05) is 5.32 Å². The molecule has 0 heterocycles. The van der Waals surface area contributed by atoms with Crippen LogP contribution in [0.2, 0.25) is 5.02 Å². The highest BCUT2D eigenvalue weighted by Gasteiger charge is 2.14. The van der Waals surface area contributed by atoms with Gasteiger partial charge < -0.3 is 15.5 Å². The number of fused-ring (bicyclic) bond motifs is 2. The smallest absolute Gasteiger partial charge is 0.326 e. The van der Waals surface area contributed by atoms with E-state index in [-0.39, 0.29) is 40.8 Å². The molecule has 0 saturated heterocycles. The topological polar surface area (TPSA) is 204 Å². The second-order valence-electron chi connectivity index (χ2n) is 13.0. The first-order chi connectivity index (χ1) is 29.1. The molecule has 5 N–H and O–H groups in total. The number of nitrogens with one attached hydrogen (secondary N) is 3. The molecule has 0 saturated carbocycles. The highest BCUT2D eigenvalue weighted by atomic mass is 35.5. The Balaban J connectivity index is 0.960. The van der Waals surface area contributed by atoms with Gasteiger partial charge in [0.1, 0.15) is 22.9 Å². The summed E-state index contributed by atoms with van der Waals surface area (Å²) in [5.74, 6) is -1.02. The third-order valence-corrected chi connectivity index (χ3v) is 9.18. The highest BCUT2D eigenvalue weighted by molar-refractivity contribution is 6.31. The number of benzene rings is 7. The van der Waals surface area contributed by atoms with Gasteiger partial charge in [0.2, 0.25) is 6.41 Å². The molecule has 296 valence electrons. The number of hydroxylamine groups is 1. The van der Waals surface area contributed by atoms with Gasteiger partial charge in [-0.1, -0.05) is 66.2 Å². The Hall–Kier alpha value is -8.07. The van der Waals surface area contributed by atoms with Gasteiger partial charge >= 0.3 is 6.03 Å². The lowest BCUT2D eigenvalue weighted by Crippen LogP contribution is -2.34. The number of phenolic OH excluding ortho intramolecular Hbond substituents is 2. The van der Waals surface area contributed by atoms with E-state index < -0.39 is 11.9 Å².